The van der Waals surface area contributed by atoms with Gasteiger partial charge in [0.05, 0.1) is 4.90 Å². The molecule has 0 saturated heterocycles. The van der Waals surface area contributed by atoms with Crippen LogP contribution in [0.1, 0.15) is 70.8 Å². The second-order valence-electron chi connectivity index (χ2n) is 6.53. The third-order valence-electron chi connectivity index (χ3n) is 3.97. The van der Waals surface area contributed by atoms with Crippen molar-refractivity contribution in [2.75, 3.05) is 0 Å². The molecule has 1 aromatic rings. The van der Waals surface area contributed by atoms with Gasteiger partial charge in [-0.1, -0.05) is 70.9 Å². The first kappa shape index (κ1) is 22.9. The molecule has 3 nitrogen and oxygen atoms in total. The summed E-state index contributed by atoms with van der Waals surface area (Å²) in [5.41, 5.74) is 1.13. The van der Waals surface area contributed by atoms with Crippen LogP contribution in [0.15, 0.2) is 29.2 Å². The Bertz CT molecular complexity index is 510. The molecule has 0 aromatic heterocycles. The Morgan fingerprint density at radius 2 is 1.35 bits per heavy atom. The zero-order chi connectivity index (χ0) is 16.4. The fraction of sp³-hybridized carbons (Fsp3) is 0.667. The number of hydrogen-bond donors (Lipinski definition) is 1. The summed E-state index contributed by atoms with van der Waals surface area (Å²) in [6, 6.07) is 6.52. The molecule has 1 rings (SSSR count). The highest BCUT2D eigenvalue weighted by molar-refractivity contribution is 7.85. The Morgan fingerprint density at radius 1 is 0.870 bits per heavy atom. The van der Waals surface area contributed by atoms with Crippen molar-refractivity contribution in [2.45, 2.75) is 76.5 Å². The lowest BCUT2D eigenvalue weighted by Gasteiger charge is -2.05. The molecule has 0 aliphatic rings. The molecule has 0 spiro atoms. The van der Waals surface area contributed by atoms with Crippen LogP contribution in [-0.4, -0.2) is 36.0 Å². The SMILES string of the molecule is CC(C)CCCCCCCCCc1ccc(S(=O)(=O)O)cc1.[MgH2]. The van der Waals surface area contributed by atoms with E-state index in [1.165, 1.54) is 57.1 Å². The highest BCUT2D eigenvalue weighted by Crippen LogP contribution is 2.15. The van der Waals surface area contributed by atoms with Crippen molar-refractivity contribution in [1.29, 1.82) is 0 Å². The van der Waals surface area contributed by atoms with Gasteiger partial charge in [-0.2, -0.15) is 8.42 Å². The van der Waals surface area contributed by atoms with Crippen LogP contribution in [0, 0.1) is 5.92 Å². The molecule has 5 heteroatoms. The minimum absolute atomic E-state index is 0. The van der Waals surface area contributed by atoms with Crippen LogP contribution < -0.4 is 0 Å². The number of rotatable bonds is 11. The summed E-state index contributed by atoms with van der Waals surface area (Å²) in [5, 5.41) is 0. The summed E-state index contributed by atoms with van der Waals surface area (Å²) in [5.74, 6) is 0.826. The third kappa shape index (κ3) is 11.1. The molecule has 0 fully saturated rings. The van der Waals surface area contributed by atoms with Crippen molar-refractivity contribution in [1.82, 2.24) is 0 Å². The highest BCUT2D eigenvalue weighted by atomic mass is 32.2. The molecule has 0 bridgehead atoms. The Kier molecular flexibility index (Phi) is 12.2. The summed E-state index contributed by atoms with van der Waals surface area (Å²) in [6.07, 6.45) is 11.3. The molecular weight excluding hydrogens is 321 g/mol. The third-order valence-corrected chi connectivity index (χ3v) is 4.84. The monoisotopic (exact) mass is 352 g/mol. The second kappa shape index (κ2) is 12.3. The van der Waals surface area contributed by atoms with E-state index in [1.807, 2.05) is 0 Å². The van der Waals surface area contributed by atoms with E-state index in [0.29, 0.717) is 0 Å². The predicted molar refractivity (Wildman–Crippen MR) is 100 cm³/mol. The predicted octanol–water partition coefficient (Wildman–Crippen LogP) is 4.34. The van der Waals surface area contributed by atoms with Crippen molar-refractivity contribution < 1.29 is 13.0 Å². The molecular formula is C18H32MgO3S. The lowest BCUT2D eigenvalue weighted by molar-refractivity contribution is 0.483. The van der Waals surface area contributed by atoms with E-state index < -0.39 is 10.1 Å². The summed E-state index contributed by atoms with van der Waals surface area (Å²) in [7, 11) is -4.07. The fourth-order valence-electron chi connectivity index (χ4n) is 2.59. The standard InChI is InChI=1S/C18H30O3S.Mg.2H/c1-16(2)10-8-6-4-3-5-7-9-11-17-12-14-18(15-13-17)22(19,20)21;;;/h12-16H,3-11H2,1-2H3,(H,19,20,21);;;. The molecule has 0 heterocycles. The largest absolute Gasteiger partial charge is 0.316 e. The first-order chi connectivity index (χ1) is 10.4. The van der Waals surface area contributed by atoms with Crippen LogP contribution in [0.25, 0.3) is 0 Å². The second-order valence-corrected chi connectivity index (χ2v) is 7.95. The van der Waals surface area contributed by atoms with Gasteiger partial charge < -0.3 is 0 Å². The van der Waals surface area contributed by atoms with E-state index in [9.17, 15) is 8.42 Å². The molecule has 130 valence electrons. The minimum atomic E-state index is -4.07. The van der Waals surface area contributed by atoms with Gasteiger partial charge in [0.15, 0.2) is 0 Å². The molecule has 0 aliphatic heterocycles. The van der Waals surface area contributed by atoms with Gasteiger partial charge in [-0.25, -0.2) is 0 Å². The van der Waals surface area contributed by atoms with Gasteiger partial charge in [0.2, 0.25) is 0 Å². The van der Waals surface area contributed by atoms with Gasteiger partial charge in [0, 0.05) is 0 Å². The molecule has 0 atom stereocenters. The van der Waals surface area contributed by atoms with Crippen LogP contribution in [0.4, 0.5) is 0 Å². The van der Waals surface area contributed by atoms with Crippen molar-refractivity contribution in [3.8, 4) is 0 Å². The maximum absolute atomic E-state index is 10.9. The van der Waals surface area contributed by atoms with Crippen molar-refractivity contribution in [3.63, 3.8) is 0 Å². The van der Waals surface area contributed by atoms with Gasteiger partial charge in [0.1, 0.15) is 0 Å². The van der Waals surface area contributed by atoms with Crippen LogP contribution in [0.5, 0.6) is 0 Å². The maximum atomic E-state index is 10.9. The number of benzene rings is 1. The van der Waals surface area contributed by atoms with Crippen LogP contribution in [0.3, 0.4) is 0 Å². The Hall–Kier alpha value is -0.104. The molecule has 1 aromatic carbocycles. The molecule has 0 amide bonds. The quantitative estimate of drug-likeness (QED) is 0.366. The Morgan fingerprint density at radius 3 is 1.83 bits per heavy atom. The van der Waals surface area contributed by atoms with E-state index in [-0.39, 0.29) is 27.9 Å². The average Bonchev–Trinajstić information content (AvgIpc) is 2.45. The molecule has 0 radical (unpaired) electrons. The fourth-order valence-corrected chi connectivity index (χ4v) is 3.07. The van der Waals surface area contributed by atoms with Crippen LogP contribution >= 0.6 is 0 Å². The van der Waals surface area contributed by atoms with E-state index >= 15 is 0 Å². The summed E-state index contributed by atoms with van der Waals surface area (Å²) < 4.78 is 30.8. The smallest absolute Gasteiger partial charge is 0.282 e. The average molecular weight is 353 g/mol. The molecule has 0 aliphatic carbocycles. The van der Waals surface area contributed by atoms with Gasteiger partial charge in [-0.15, -0.1) is 0 Å². The molecule has 23 heavy (non-hydrogen) atoms. The number of aryl methyl sites for hydroxylation is 1. The Labute approximate surface area is 158 Å². The molecule has 0 unspecified atom stereocenters. The first-order valence-electron chi connectivity index (χ1n) is 8.46. The zero-order valence-electron chi connectivity index (χ0n) is 13.9. The zero-order valence-corrected chi connectivity index (χ0v) is 14.7. The lowest BCUT2D eigenvalue weighted by atomic mass is 10.0. The minimum Gasteiger partial charge on any atom is -0.282 e. The maximum Gasteiger partial charge on any atom is 0.316 e. The van der Waals surface area contributed by atoms with E-state index in [0.717, 1.165) is 24.3 Å². The van der Waals surface area contributed by atoms with Gasteiger partial charge in [-0.3, -0.25) is 4.55 Å². The number of unbranched alkanes of at least 4 members (excludes halogenated alkanes) is 6. The topological polar surface area (TPSA) is 54.4 Å². The molecule has 0 saturated carbocycles. The van der Waals surface area contributed by atoms with Crippen molar-refractivity contribution in [3.05, 3.63) is 29.8 Å². The Balaban J connectivity index is 0.00000484. The summed E-state index contributed by atoms with van der Waals surface area (Å²) in [6.45, 7) is 4.56. The normalized spacial score (nSPS) is 11.5. The summed E-state index contributed by atoms with van der Waals surface area (Å²) in [4.78, 5) is -0.0300. The van der Waals surface area contributed by atoms with Crippen molar-refractivity contribution in [2.24, 2.45) is 5.92 Å². The lowest BCUT2D eigenvalue weighted by Crippen LogP contribution is -1.98. The van der Waals surface area contributed by atoms with Crippen LogP contribution in [-0.2, 0) is 16.5 Å². The molecule has 1 N–H and O–H groups in total. The number of hydrogen-bond acceptors (Lipinski definition) is 2. The first-order valence-corrected chi connectivity index (χ1v) is 9.90. The van der Waals surface area contributed by atoms with E-state index in [2.05, 4.69) is 13.8 Å². The van der Waals surface area contributed by atoms with Crippen molar-refractivity contribution >= 4 is 33.2 Å². The van der Waals surface area contributed by atoms with E-state index in [1.54, 1.807) is 12.1 Å². The van der Waals surface area contributed by atoms with Gasteiger partial charge in [0.25, 0.3) is 10.1 Å². The van der Waals surface area contributed by atoms with Crippen LogP contribution in [0.2, 0.25) is 0 Å². The van der Waals surface area contributed by atoms with E-state index in [4.69, 9.17) is 4.55 Å². The van der Waals surface area contributed by atoms with Gasteiger partial charge in [-0.05, 0) is 36.5 Å². The van der Waals surface area contributed by atoms with Gasteiger partial charge >= 0.3 is 23.1 Å². The highest BCUT2D eigenvalue weighted by Gasteiger charge is 2.08. The summed E-state index contributed by atoms with van der Waals surface area (Å²) >= 11 is 0.